The average Bonchev–Trinajstić information content (AvgIpc) is 3.06. The molecule has 4 rings (SSSR count). The highest BCUT2D eigenvalue weighted by Gasteiger charge is 2.39. The van der Waals surface area contributed by atoms with Crippen LogP contribution < -0.4 is 0 Å². The van der Waals surface area contributed by atoms with Crippen LogP contribution in [0.2, 0.25) is 0 Å². The van der Waals surface area contributed by atoms with Crippen molar-refractivity contribution in [2.24, 2.45) is 0 Å². The number of aliphatic carboxylic acids is 1. The van der Waals surface area contributed by atoms with Gasteiger partial charge < -0.3 is 20.1 Å². The molecule has 0 saturated heterocycles. The molecule has 150 valence electrons. The molecule has 1 aromatic heterocycles. The minimum absolute atomic E-state index is 0.161. The molecule has 29 heavy (non-hydrogen) atoms. The van der Waals surface area contributed by atoms with Gasteiger partial charge in [0.15, 0.2) is 6.23 Å². The molecule has 1 aliphatic heterocycles. The smallest absolute Gasteiger partial charge is 0.326 e. The second kappa shape index (κ2) is 6.73. The second-order valence-electron chi connectivity index (χ2n) is 6.85. The Labute approximate surface area is 166 Å². The topological polar surface area (TPSA) is 131 Å². The fourth-order valence-electron chi connectivity index (χ4n) is 3.76. The van der Waals surface area contributed by atoms with Crippen molar-refractivity contribution >= 4 is 32.7 Å². The monoisotopic (exact) mass is 414 g/mol. The van der Waals surface area contributed by atoms with Crippen LogP contribution in [-0.2, 0) is 21.3 Å². The lowest BCUT2D eigenvalue weighted by Gasteiger charge is -2.39. The van der Waals surface area contributed by atoms with Crippen LogP contribution in [0.15, 0.2) is 60.0 Å². The number of rotatable bonds is 4. The van der Waals surface area contributed by atoms with Gasteiger partial charge in [-0.05, 0) is 23.8 Å². The van der Waals surface area contributed by atoms with Crippen LogP contribution in [0.25, 0.3) is 16.6 Å². The first-order chi connectivity index (χ1) is 13.7. The molecule has 4 N–H and O–H groups in total. The number of H-pyrrole nitrogens is 1. The van der Waals surface area contributed by atoms with Gasteiger partial charge >= 0.3 is 5.97 Å². The van der Waals surface area contributed by atoms with E-state index in [1.165, 1.54) is 17.0 Å². The number of para-hydroxylation sites is 1. The predicted molar refractivity (Wildman–Crippen MR) is 106 cm³/mol. The Kier molecular flexibility index (Phi) is 4.45. The minimum Gasteiger partial charge on any atom is -0.480 e. The minimum atomic E-state index is -4.37. The standard InChI is InChI=1S/C20H18N2O6S/c1-11-18-15(14-4-2-3-5-16(14)21-18)10-17(20(24)25)22(11)19(23)12-6-8-13(9-7-12)29(26,27)28/h2-9,17,19,21,23H,1,10H2,(H,24,25)(H,26,27,28)/t17-,19+/m0/s1. The number of carbonyl (C=O) groups is 1. The molecule has 2 atom stereocenters. The molecule has 0 amide bonds. The largest absolute Gasteiger partial charge is 0.480 e. The molecule has 3 aromatic rings. The molecule has 0 spiro atoms. The number of hydrogen-bond donors (Lipinski definition) is 4. The third kappa shape index (κ3) is 3.19. The number of aromatic nitrogens is 1. The van der Waals surface area contributed by atoms with E-state index < -0.39 is 28.4 Å². The van der Waals surface area contributed by atoms with Gasteiger partial charge in [0.1, 0.15) is 6.04 Å². The lowest BCUT2D eigenvalue weighted by atomic mass is 9.93. The van der Waals surface area contributed by atoms with Crippen molar-refractivity contribution in [2.45, 2.75) is 23.6 Å². The maximum absolute atomic E-state index is 12.0. The number of aromatic amines is 1. The van der Waals surface area contributed by atoms with Crippen molar-refractivity contribution in [1.82, 2.24) is 9.88 Å². The van der Waals surface area contributed by atoms with E-state index in [4.69, 9.17) is 4.55 Å². The highest BCUT2D eigenvalue weighted by molar-refractivity contribution is 7.85. The Morgan fingerprint density at radius 1 is 1.17 bits per heavy atom. The lowest BCUT2D eigenvalue weighted by molar-refractivity contribution is -0.145. The molecule has 1 aliphatic rings. The predicted octanol–water partition coefficient (Wildman–Crippen LogP) is 2.39. The summed E-state index contributed by atoms with van der Waals surface area (Å²) >= 11 is 0. The second-order valence-corrected chi connectivity index (χ2v) is 8.28. The maximum Gasteiger partial charge on any atom is 0.326 e. The first-order valence-corrected chi connectivity index (χ1v) is 10.2. The van der Waals surface area contributed by atoms with Crippen molar-refractivity contribution in [1.29, 1.82) is 0 Å². The van der Waals surface area contributed by atoms with Gasteiger partial charge in [-0.2, -0.15) is 8.42 Å². The van der Waals surface area contributed by atoms with E-state index in [0.29, 0.717) is 11.4 Å². The molecule has 8 nitrogen and oxygen atoms in total. The quantitative estimate of drug-likeness (QED) is 0.482. The van der Waals surface area contributed by atoms with E-state index in [1.807, 2.05) is 24.3 Å². The summed E-state index contributed by atoms with van der Waals surface area (Å²) in [4.78, 5) is 16.2. The van der Waals surface area contributed by atoms with Crippen molar-refractivity contribution in [3.63, 3.8) is 0 Å². The number of benzene rings is 2. The van der Waals surface area contributed by atoms with Gasteiger partial charge in [0.25, 0.3) is 10.1 Å². The number of carboxylic acid groups (broad SMARTS) is 1. The molecule has 9 heteroatoms. The molecule has 0 saturated carbocycles. The molecule has 0 bridgehead atoms. The van der Waals surface area contributed by atoms with E-state index in [9.17, 15) is 23.4 Å². The average molecular weight is 414 g/mol. The van der Waals surface area contributed by atoms with Gasteiger partial charge in [-0.1, -0.05) is 36.9 Å². The summed E-state index contributed by atoms with van der Waals surface area (Å²) in [5, 5.41) is 21.6. The Morgan fingerprint density at radius 3 is 2.45 bits per heavy atom. The van der Waals surface area contributed by atoms with Crippen LogP contribution in [0.1, 0.15) is 23.0 Å². The summed E-state index contributed by atoms with van der Waals surface area (Å²) in [5.74, 6) is -1.12. The lowest BCUT2D eigenvalue weighted by Crippen LogP contribution is -2.46. The van der Waals surface area contributed by atoms with Crippen LogP contribution in [0.5, 0.6) is 0 Å². The van der Waals surface area contributed by atoms with E-state index >= 15 is 0 Å². The number of fused-ring (bicyclic) bond motifs is 3. The first-order valence-electron chi connectivity index (χ1n) is 8.74. The van der Waals surface area contributed by atoms with Crippen molar-refractivity contribution in [3.8, 4) is 0 Å². The molecule has 0 aliphatic carbocycles. The molecule has 0 unspecified atom stereocenters. The number of hydrogen-bond acceptors (Lipinski definition) is 5. The van der Waals surface area contributed by atoms with Crippen molar-refractivity contribution < 1.29 is 28.0 Å². The molecular weight excluding hydrogens is 396 g/mol. The molecule has 0 fully saturated rings. The van der Waals surface area contributed by atoms with E-state index in [1.54, 1.807) is 0 Å². The van der Waals surface area contributed by atoms with E-state index in [2.05, 4.69) is 11.6 Å². The number of aliphatic hydroxyl groups excluding tert-OH is 1. The van der Waals surface area contributed by atoms with Crippen LogP contribution in [0.4, 0.5) is 0 Å². The van der Waals surface area contributed by atoms with E-state index in [0.717, 1.165) is 28.6 Å². The van der Waals surface area contributed by atoms with Crippen LogP contribution in [-0.4, -0.2) is 45.1 Å². The van der Waals surface area contributed by atoms with Crippen molar-refractivity contribution in [2.75, 3.05) is 0 Å². The summed E-state index contributed by atoms with van der Waals surface area (Å²) < 4.78 is 31.5. The molecule has 2 heterocycles. The Bertz CT molecular complexity index is 1230. The number of nitrogens with one attached hydrogen (secondary N) is 1. The summed E-state index contributed by atoms with van der Waals surface area (Å²) in [7, 11) is -4.37. The SMILES string of the molecule is C=C1c2[nH]c3ccccc3c2C[C@@H](C(=O)O)N1[C@H](O)c1ccc(S(=O)(=O)O)cc1. The summed E-state index contributed by atoms with van der Waals surface area (Å²) in [5.41, 5.74) is 2.91. The first kappa shape index (κ1) is 19.2. The molecule has 0 radical (unpaired) electrons. The molecule has 2 aromatic carbocycles. The third-order valence-corrected chi connectivity index (χ3v) is 6.04. The Morgan fingerprint density at radius 2 is 1.83 bits per heavy atom. The zero-order valence-corrected chi connectivity index (χ0v) is 15.9. The maximum atomic E-state index is 12.0. The fraction of sp³-hybridized carbons (Fsp3) is 0.150. The number of carboxylic acids is 1. The Hall–Kier alpha value is -3.14. The fourth-order valence-corrected chi connectivity index (χ4v) is 4.24. The summed E-state index contributed by atoms with van der Waals surface area (Å²) in [6.45, 7) is 4.00. The van der Waals surface area contributed by atoms with Gasteiger partial charge in [-0.25, -0.2) is 4.79 Å². The molecular formula is C20H18N2O6S. The summed E-state index contributed by atoms with van der Waals surface area (Å²) in [6.07, 6.45) is -1.22. The zero-order chi connectivity index (χ0) is 20.9. The van der Waals surface area contributed by atoms with Gasteiger partial charge in [-0.3, -0.25) is 4.55 Å². The Balaban J connectivity index is 1.77. The highest BCUT2D eigenvalue weighted by atomic mass is 32.2. The van der Waals surface area contributed by atoms with E-state index in [-0.39, 0.29) is 16.9 Å². The van der Waals surface area contributed by atoms with Crippen LogP contribution in [0.3, 0.4) is 0 Å². The number of aliphatic hydroxyl groups is 1. The van der Waals surface area contributed by atoms with Gasteiger partial charge in [0.05, 0.1) is 16.3 Å². The highest BCUT2D eigenvalue weighted by Crippen LogP contribution is 2.39. The van der Waals surface area contributed by atoms with Gasteiger partial charge in [-0.15, -0.1) is 0 Å². The van der Waals surface area contributed by atoms with Crippen LogP contribution in [0, 0.1) is 0 Å². The van der Waals surface area contributed by atoms with Crippen molar-refractivity contribution in [3.05, 3.63) is 71.9 Å². The van der Waals surface area contributed by atoms with Crippen LogP contribution >= 0.6 is 0 Å². The third-order valence-electron chi connectivity index (χ3n) is 5.17. The van der Waals surface area contributed by atoms with Gasteiger partial charge in [0, 0.05) is 22.9 Å². The normalized spacial score (nSPS) is 17.9. The summed E-state index contributed by atoms with van der Waals surface area (Å²) in [6, 6.07) is 11.4. The number of nitrogens with zero attached hydrogens (tertiary/aromatic N) is 1. The van der Waals surface area contributed by atoms with Gasteiger partial charge in [0.2, 0.25) is 0 Å². The zero-order valence-electron chi connectivity index (χ0n) is 15.1.